The Morgan fingerprint density at radius 2 is 1.78 bits per heavy atom. The topological polar surface area (TPSA) is 54.5 Å². The zero-order valence-electron chi connectivity index (χ0n) is 11.2. The monoisotopic (exact) mass is 244 g/mol. The van der Waals surface area contributed by atoms with Crippen molar-refractivity contribution in [1.82, 2.24) is 19.9 Å². The molecule has 0 amide bonds. The van der Waals surface area contributed by atoms with E-state index in [2.05, 4.69) is 23.8 Å². The van der Waals surface area contributed by atoms with Gasteiger partial charge in [0.05, 0.1) is 11.4 Å². The molecular formula is C14H20N4. The summed E-state index contributed by atoms with van der Waals surface area (Å²) in [6.07, 6.45) is 6.79. The molecule has 2 heterocycles. The number of aromatic amines is 1. The molecule has 1 unspecified atom stereocenters. The Kier molecular flexibility index (Phi) is 3.02. The molecule has 96 valence electrons. The van der Waals surface area contributed by atoms with Crippen LogP contribution in [0.25, 0.3) is 11.3 Å². The number of H-pyrrole nitrogens is 1. The van der Waals surface area contributed by atoms with Gasteiger partial charge in [0.25, 0.3) is 0 Å². The second kappa shape index (κ2) is 4.67. The first-order valence-electron chi connectivity index (χ1n) is 7.04. The molecule has 1 aliphatic carbocycles. The van der Waals surface area contributed by atoms with Crippen LogP contribution in [0.3, 0.4) is 0 Å². The minimum Gasteiger partial charge on any atom is -0.325 e. The van der Waals surface area contributed by atoms with E-state index in [1.165, 1.54) is 30.7 Å². The maximum atomic E-state index is 4.73. The van der Waals surface area contributed by atoms with Crippen molar-refractivity contribution >= 4 is 11.3 Å². The second-order valence-corrected chi connectivity index (χ2v) is 5.18. The largest absolute Gasteiger partial charge is 0.325 e. The molecular weight excluding hydrogens is 224 g/mol. The fourth-order valence-corrected chi connectivity index (χ4v) is 2.75. The van der Waals surface area contributed by atoms with Crippen LogP contribution in [0.5, 0.6) is 0 Å². The summed E-state index contributed by atoms with van der Waals surface area (Å²) in [6, 6.07) is 0. The van der Waals surface area contributed by atoms with E-state index in [9.17, 15) is 0 Å². The molecule has 0 bridgehead atoms. The average Bonchev–Trinajstić information content (AvgIpc) is 2.69. The molecule has 0 saturated carbocycles. The van der Waals surface area contributed by atoms with Crippen molar-refractivity contribution in [2.45, 2.75) is 52.4 Å². The van der Waals surface area contributed by atoms with Crippen molar-refractivity contribution in [2.24, 2.45) is 5.92 Å². The molecule has 0 aliphatic heterocycles. The molecule has 0 saturated heterocycles. The predicted octanol–water partition coefficient (Wildman–Crippen LogP) is 2.82. The number of rotatable bonds is 2. The van der Waals surface area contributed by atoms with Gasteiger partial charge in [-0.15, -0.1) is 0 Å². The Labute approximate surface area is 107 Å². The molecule has 1 N–H and O–H groups in total. The predicted molar refractivity (Wildman–Crippen MR) is 71.5 cm³/mol. The number of nitrogens with one attached hydrogen (secondary N) is 1. The van der Waals surface area contributed by atoms with Gasteiger partial charge in [0.2, 0.25) is 0 Å². The van der Waals surface area contributed by atoms with Crippen LogP contribution < -0.4 is 0 Å². The van der Waals surface area contributed by atoms with Crippen molar-refractivity contribution < 1.29 is 0 Å². The Hall–Kier alpha value is -1.45. The third kappa shape index (κ3) is 2.00. The highest BCUT2D eigenvalue weighted by atomic mass is 15.1. The van der Waals surface area contributed by atoms with Crippen molar-refractivity contribution in [3.8, 4) is 0 Å². The van der Waals surface area contributed by atoms with Gasteiger partial charge in [-0.1, -0.05) is 20.3 Å². The summed E-state index contributed by atoms with van der Waals surface area (Å²) in [4.78, 5) is 17.2. The van der Waals surface area contributed by atoms with Gasteiger partial charge in [-0.2, -0.15) is 0 Å². The maximum absolute atomic E-state index is 4.73. The number of imidazole rings is 1. The molecule has 0 spiro atoms. The van der Waals surface area contributed by atoms with E-state index in [0.717, 1.165) is 42.3 Å². The van der Waals surface area contributed by atoms with E-state index in [1.54, 1.807) is 0 Å². The van der Waals surface area contributed by atoms with Gasteiger partial charge in [0.15, 0.2) is 11.3 Å². The second-order valence-electron chi connectivity index (χ2n) is 5.18. The number of hydrogen-bond donors (Lipinski definition) is 1. The fourth-order valence-electron chi connectivity index (χ4n) is 2.75. The number of aryl methyl sites for hydroxylation is 3. The number of fused-ring (bicyclic) bond motifs is 2. The van der Waals surface area contributed by atoms with Gasteiger partial charge in [-0.3, -0.25) is 0 Å². The molecule has 0 aromatic carbocycles. The third-order valence-electron chi connectivity index (χ3n) is 4.03. The molecule has 4 heteroatoms. The first kappa shape index (κ1) is 11.6. The van der Waals surface area contributed by atoms with Crippen molar-refractivity contribution in [3.63, 3.8) is 0 Å². The van der Waals surface area contributed by atoms with Gasteiger partial charge in [0.1, 0.15) is 5.82 Å². The van der Waals surface area contributed by atoms with Crippen LogP contribution in [0.1, 0.15) is 50.3 Å². The molecule has 0 fully saturated rings. The highest BCUT2D eigenvalue weighted by Gasteiger charge is 2.18. The van der Waals surface area contributed by atoms with Crippen LogP contribution >= 0.6 is 0 Å². The highest BCUT2D eigenvalue weighted by Crippen LogP contribution is 2.25. The average molecular weight is 244 g/mol. The van der Waals surface area contributed by atoms with Crippen LogP contribution in [-0.2, 0) is 19.3 Å². The van der Waals surface area contributed by atoms with Crippen LogP contribution in [0.4, 0.5) is 0 Å². The molecule has 2 aromatic heterocycles. The lowest BCUT2D eigenvalue weighted by Crippen LogP contribution is -1.99. The number of hydrogen-bond acceptors (Lipinski definition) is 3. The van der Waals surface area contributed by atoms with Gasteiger partial charge >= 0.3 is 0 Å². The van der Waals surface area contributed by atoms with E-state index < -0.39 is 0 Å². The molecule has 3 rings (SSSR count). The quantitative estimate of drug-likeness (QED) is 0.826. The summed E-state index contributed by atoms with van der Waals surface area (Å²) in [5, 5.41) is 0. The van der Waals surface area contributed by atoms with Crippen LogP contribution in [0.15, 0.2) is 0 Å². The van der Waals surface area contributed by atoms with Gasteiger partial charge in [0, 0.05) is 6.42 Å². The number of aromatic nitrogens is 4. The molecule has 18 heavy (non-hydrogen) atoms. The molecule has 1 aliphatic rings. The first-order chi connectivity index (χ1) is 8.80. The Morgan fingerprint density at radius 1 is 1.06 bits per heavy atom. The van der Waals surface area contributed by atoms with Crippen molar-refractivity contribution in [2.75, 3.05) is 0 Å². The first-order valence-corrected chi connectivity index (χ1v) is 7.04. The van der Waals surface area contributed by atoms with Gasteiger partial charge in [-0.05, 0) is 31.6 Å². The SMILES string of the molecule is CCc1nc2nc3c(nc2[nH]1)CCC(CC)CC3. The van der Waals surface area contributed by atoms with E-state index in [0.29, 0.717) is 0 Å². The van der Waals surface area contributed by atoms with E-state index in [-0.39, 0.29) is 0 Å². The fraction of sp³-hybridized carbons (Fsp3) is 0.643. The van der Waals surface area contributed by atoms with E-state index in [4.69, 9.17) is 9.97 Å². The number of nitrogens with zero attached hydrogens (tertiary/aromatic N) is 3. The smallest absolute Gasteiger partial charge is 0.197 e. The standard InChI is InChI=1S/C14H20N4/c1-3-9-5-7-10-11(8-6-9)16-14-13(15-10)17-12(4-2)18-14/h9H,3-8H2,1-2H3,(H,15,16,17,18). The van der Waals surface area contributed by atoms with Crippen molar-refractivity contribution in [3.05, 3.63) is 17.2 Å². The van der Waals surface area contributed by atoms with Crippen LogP contribution in [0, 0.1) is 5.92 Å². The lowest BCUT2D eigenvalue weighted by Gasteiger charge is -2.08. The molecule has 4 nitrogen and oxygen atoms in total. The summed E-state index contributed by atoms with van der Waals surface area (Å²) in [5.74, 6) is 1.81. The minimum absolute atomic E-state index is 0.792. The third-order valence-corrected chi connectivity index (χ3v) is 4.03. The molecule has 2 aromatic rings. The maximum Gasteiger partial charge on any atom is 0.197 e. The lowest BCUT2D eigenvalue weighted by molar-refractivity contribution is 0.449. The summed E-state index contributed by atoms with van der Waals surface area (Å²) < 4.78 is 0. The van der Waals surface area contributed by atoms with E-state index >= 15 is 0 Å². The summed E-state index contributed by atoms with van der Waals surface area (Å²) >= 11 is 0. The van der Waals surface area contributed by atoms with Crippen LogP contribution in [-0.4, -0.2) is 19.9 Å². The molecule has 0 radical (unpaired) electrons. The highest BCUT2D eigenvalue weighted by molar-refractivity contribution is 5.66. The zero-order chi connectivity index (χ0) is 12.5. The zero-order valence-corrected chi connectivity index (χ0v) is 11.2. The lowest BCUT2D eigenvalue weighted by atomic mass is 9.97. The minimum atomic E-state index is 0.792. The van der Waals surface area contributed by atoms with E-state index in [1.807, 2.05) is 0 Å². The Morgan fingerprint density at radius 3 is 2.44 bits per heavy atom. The Balaban J connectivity index is 1.99. The molecule has 1 atom stereocenters. The van der Waals surface area contributed by atoms with Crippen molar-refractivity contribution in [1.29, 1.82) is 0 Å². The normalized spacial score (nSPS) is 16.8. The summed E-state index contributed by atoms with van der Waals surface area (Å²) in [6.45, 7) is 4.37. The summed E-state index contributed by atoms with van der Waals surface area (Å²) in [7, 11) is 0. The van der Waals surface area contributed by atoms with Gasteiger partial charge in [-0.25, -0.2) is 15.0 Å². The Bertz CT molecular complexity index is 513. The van der Waals surface area contributed by atoms with Crippen LogP contribution in [0.2, 0.25) is 0 Å². The summed E-state index contributed by atoms with van der Waals surface area (Å²) in [5.41, 5.74) is 4.01. The van der Waals surface area contributed by atoms with Gasteiger partial charge < -0.3 is 4.98 Å².